The van der Waals surface area contributed by atoms with Crippen molar-refractivity contribution in [3.8, 4) is 5.75 Å². The van der Waals surface area contributed by atoms with Crippen molar-refractivity contribution < 1.29 is 17.4 Å². The van der Waals surface area contributed by atoms with E-state index in [1.807, 2.05) is 24.3 Å². The monoisotopic (exact) mass is 378 g/mol. The van der Waals surface area contributed by atoms with Gasteiger partial charge in [-0.1, -0.05) is 18.2 Å². The molecule has 0 unspecified atom stereocenters. The Morgan fingerprint density at radius 1 is 1.10 bits per heavy atom. The third-order valence-electron chi connectivity index (χ3n) is 2.66. The number of hydrogen-bond donors (Lipinski definition) is 0. The van der Waals surface area contributed by atoms with E-state index >= 15 is 0 Å². The molecule has 0 aliphatic heterocycles. The number of hydrogen-bond acceptors (Lipinski definition) is 3. The molecule has 20 heavy (non-hydrogen) atoms. The van der Waals surface area contributed by atoms with E-state index in [2.05, 4.69) is 15.9 Å². The summed E-state index contributed by atoms with van der Waals surface area (Å²) in [7, 11) is 0. The Morgan fingerprint density at radius 3 is 2.60 bits per heavy atom. The molecule has 104 valence electrons. The van der Waals surface area contributed by atoms with Crippen LogP contribution in [0.1, 0.15) is 0 Å². The molecule has 2 aromatic carbocycles. The van der Waals surface area contributed by atoms with Crippen LogP contribution >= 0.6 is 39.3 Å². The molecule has 0 amide bonds. The molecule has 0 fully saturated rings. The lowest BCUT2D eigenvalue weighted by Gasteiger charge is -2.07. The van der Waals surface area contributed by atoms with E-state index in [0.717, 1.165) is 19.3 Å². The highest BCUT2D eigenvalue weighted by Gasteiger charge is 2.32. The topological polar surface area (TPSA) is 9.23 Å². The third kappa shape index (κ3) is 2.62. The fourth-order valence-corrected chi connectivity index (χ4v) is 4.00. The summed E-state index contributed by atoms with van der Waals surface area (Å²) in [6.45, 7) is 0. The lowest BCUT2D eigenvalue weighted by molar-refractivity contribution is -0.0369. The Labute approximate surface area is 129 Å². The standard InChI is InChI=1S/C13H6BrF3OS2/c14-8-4-1-3-7-11-9(18-20-13(15,16)17)5-2-6-10(11)19-12(7)8/h1-6H. The summed E-state index contributed by atoms with van der Waals surface area (Å²) in [4.78, 5) is 0. The van der Waals surface area contributed by atoms with Crippen LogP contribution in [-0.4, -0.2) is 5.51 Å². The number of thiophene rings is 1. The van der Waals surface area contributed by atoms with E-state index in [-0.39, 0.29) is 5.75 Å². The second kappa shape index (κ2) is 5.13. The van der Waals surface area contributed by atoms with Crippen LogP contribution in [0.25, 0.3) is 20.2 Å². The molecule has 0 aliphatic rings. The van der Waals surface area contributed by atoms with Gasteiger partial charge in [-0.3, -0.25) is 0 Å². The van der Waals surface area contributed by atoms with Gasteiger partial charge in [0.25, 0.3) is 0 Å². The molecule has 0 spiro atoms. The summed E-state index contributed by atoms with van der Waals surface area (Å²) in [6.07, 6.45) is 0. The molecule has 3 rings (SSSR count). The Bertz CT molecular complexity index is 782. The Kier molecular flexibility index (Phi) is 3.60. The van der Waals surface area contributed by atoms with Crippen molar-refractivity contribution in [3.63, 3.8) is 0 Å². The molecule has 0 radical (unpaired) electrons. The number of fused-ring (bicyclic) bond motifs is 3. The molecular weight excluding hydrogens is 373 g/mol. The summed E-state index contributed by atoms with van der Waals surface area (Å²) < 4.78 is 44.5. The number of alkyl halides is 3. The maximum Gasteiger partial charge on any atom is 0.479 e. The van der Waals surface area contributed by atoms with E-state index in [0.29, 0.717) is 5.39 Å². The Balaban J connectivity index is 2.18. The van der Waals surface area contributed by atoms with Crippen molar-refractivity contribution in [2.45, 2.75) is 5.51 Å². The molecule has 0 aliphatic carbocycles. The highest BCUT2D eigenvalue weighted by molar-refractivity contribution is 9.10. The number of benzene rings is 2. The van der Waals surface area contributed by atoms with E-state index < -0.39 is 17.6 Å². The van der Waals surface area contributed by atoms with Gasteiger partial charge < -0.3 is 4.18 Å². The first-order valence-electron chi connectivity index (χ1n) is 5.48. The minimum atomic E-state index is -4.42. The molecule has 7 heteroatoms. The highest BCUT2D eigenvalue weighted by Crippen LogP contribution is 2.44. The molecule has 1 aromatic heterocycles. The van der Waals surface area contributed by atoms with Gasteiger partial charge in [-0.2, -0.15) is 13.2 Å². The van der Waals surface area contributed by atoms with Crippen LogP contribution in [0.5, 0.6) is 5.75 Å². The van der Waals surface area contributed by atoms with Gasteiger partial charge in [-0.25, -0.2) is 0 Å². The fourth-order valence-electron chi connectivity index (χ4n) is 1.94. The Morgan fingerprint density at radius 2 is 1.85 bits per heavy atom. The zero-order valence-electron chi connectivity index (χ0n) is 9.70. The molecule has 0 atom stereocenters. The minimum Gasteiger partial charge on any atom is -0.416 e. The zero-order chi connectivity index (χ0) is 14.3. The van der Waals surface area contributed by atoms with Crippen LogP contribution in [0, 0.1) is 0 Å². The average molecular weight is 379 g/mol. The molecule has 0 N–H and O–H groups in total. The van der Waals surface area contributed by atoms with Gasteiger partial charge in [0.1, 0.15) is 5.75 Å². The Hall–Kier alpha value is -0.920. The predicted molar refractivity (Wildman–Crippen MR) is 81.3 cm³/mol. The first-order chi connectivity index (χ1) is 9.46. The number of rotatable bonds is 2. The van der Waals surface area contributed by atoms with Crippen molar-refractivity contribution in [1.29, 1.82) is 0 Å². The predicted octanol–water partition coefficient (Wildman–Crippen LogP) is 6.36. The molecule has 0 saturated carbocycles. The van der Waals surface area contributed by atoms with Crippen LogP contribution in [0.3, 0.4) is 0 Å². The van der Waals surface area contributed by atoms with Gasteiger partial charge in [-0.05, 0) is 34.1 Å². The average Bonchev–Trinajstić information content (AvgIpc) is 2.76. The van der Waals surface area contributed by atoms with Crippen LogP contribution in [0.4, 0.5) is 13.2 Å². The summed E-state index contributed by atoms with van der Waals surface area (Å²) in [5.74, 6) is 0.231. The van der Waals surface area contributed by atoms with Gasteiger partial charge in [0.2, 0.25) is 0 Å². The smallest absolute Gasteiger partial charge is 0.416 e. The molecule has 3 aromatic rings. The van der Waals surface area contributed by atoms with E-state index in [1.54, 1.807) is 12.1 Å². The van der Waals surface area contributed by atoms with Gasteiger partial charge in [-0.15, -0.1) is 11.3 Å². The quantitative estimate of drug-likeness (QED) is 0.479. The maximum atomic E-state index is 12.3. The molecular formula is C13H6BrF3OS2. The summed E-state index contributed by atoms with van der Waals surface area (Å²) in [6, 6.07) is 10.8. The van der Waals surface area contributed by atoms with Gasteiger partial charge in [0.15, 0.2) is 12.0 Å². The molecule has 1 nitrogen and oxygen atoms in total. The van der Waals surface area contributed by atoms with Crippen molar-refractivity contribution in [2.24, 2.45) is 0 Å². The summed E-state index contributed by atoms with van der Waals surface area (Å²) in [5, 5.41) is 1.60. The van der Waals surface area contributed by atoms with Crippen molar-refractivity contribution >= 4 is 59.5 Å². The van der Waals surface area contributed by atoms with Crippen LogP contribution < -0.4 is 4.18 Å². The van der Waals surface area contributed by atoms with Crippen molar-refractivity contribution in [2.75, 3.05) is 0 Å². The summed E-state index contributed by atoms with van der Waals surface area (Å²) >= 11 is 4.48. The largest absolute Gasteiger partial charge is 0.479 e. The van der Waals surface area contributed by atoms with E-state index in [9.17, 15) is 13.2 Å². The molecule has 0 bridgehead atoms. The first-order valence-corrected chi connectivity index (χ1v) is 7.83. The first kappa shape index (κ1) is 14.0. The second-order valence-corrected chi connectivity index (χ2v) is 6.66. The SMILES string of the molecule is FC(F)(F)SOc1cccc2sc3c(Br)cccc3c12. The normalized spacial score (nSPS) is 12.2. The lowest BCUT2D eigenvalue weighted by atomic mass is 10.1. The maximum absolute atomic E-state index is 12.3. The fraction of sp³-hybridized carbons (Fsp3) is 0.0769. The minimum absolute atomic E-state index is 0.231. The lowest BCUT2D eigenvalue weighted by Crippen LogP contribution is -2.02. The molecule has 1 heterocycles. The van der Waals surface area contributed by atoms with Crippen LogP contribution in [0.15, 0.2) is 40.9 Å². The number of halogens is 4. The van der Waals surface area contributed by atoms with Gasteiger partial charge >= 0.3 is 5.51 Å². The van der Waals surface area contributed by atoms with Gasteiger partial charge in [0, 0.05) is 24.6 Å². The molecule has 0 saturated heterocycles. The summed E-state index contributed by atoms with van der Waals surface area (Å²) in [5.41, 5.74) is -4.42. The van der Waals surface area contributed by atoms with Crippen molar-refractivity contribution in [3.05, 3.63) is 40.9 Å². The van der Waals surface area contributed by atoms with E-state index in [4.69, 9.17) is 4.18 Å². The van der Waals surface area contributed by atoms with Gasteiger partial charge in [0.05, 0.1) is 0 Å². The second-order valence-electron chi connectivity index (χ2n) is 3.96. The third-order valence-corrected chi connectivity index (χ3v) is 5.24. The zero-order valence-corrected chi connectivity index (χ0v) is 12.9. The van der Waals surface area contributed by atoms with Crippen LogP contribution in [-0.2, 0) is 0 Å². The highest BCUT2D eigenvalue weighted by atomic mass is 79.9. The van der Waals surface area contributed by atoms with Crippen molar-refractivity contribution in [1.82, 2.24) is 0 Å². The van der Waals surface area contributed by atoms with E-state index in [1.165, 1.54) is 11.3 Å². The van der Waals surface area contributed by atoms with Crippen LogP contribution in [0.2, 0.25) is 0 Å².